The average Bonchev–Trinajstić information content (AvgIpc) is 2.83. The minimum atomic E-state index is -0.383. The lowest BCUT2D eigenvalue weighted by atomic mass is 10.1. The summed E-state index contributed by atoms with van der Waals surface area (Å²) in [6.45, 7) is 2.43. The van der Waals surface area contributed by atoms with Crippen LogP contribution in [0.3, 0.4) is 0 Å². The van der Waals surface area contributed by atoms with Crippen LogP contribution in [-0.4, -0.2) is 36.9 Å². The lowest BCUT2D eigenvalue weighted by Crippen LogP contribution is -2.40. The monoisotopic (exact) mass is 474 g/mol. The number of halogens is 1. The second-order valence-corrected chi connectivity index (χ2v) is 8.11. The largest absolute Gasteiger partial charge is 0.495 e. The van der Waals surface area contributed by atoms with Gasteiger partial charge in [-0.15, -0.1) is 0 Å². The molecule has 0 spiro atoms. The number of methoxy groups -OCH3 is 1. The Balaban J connectivity index is 1.62. The fraction of sp³-hybridized carbons (Fsp3) is 0.222. The van der Waals surface area contributed by atoms with E-state index in [0.29, 0.717) is 30.1 Å². The van der Waals surface area contributed by atoms with Gasteiger partial charge in [-0.2, -0.15) is 5.26 Å². The summed E-state index contributed by atoms with van der Waals surface area (Å²) in [5.74, 6) is -0.556. The first-order chi connectivity index (χ1) is 16.9. The number of hydrogen-bond donors (Lipinski definition) is 2. The molecule has 35 heavy (non-hydrogen) atoms. The number of benzene rings is 3. The molecular formula is C27H27FN4O3. The third kappa shape index (κ3) is 7.95. The van der Waals surface area contributed by atoms with E-state index in [4.69, 9.17) is 10.00 Å². The fourth-order valence-electron chi connectivity index (χ4n) is 3.56. The number of nitrogens with one attached hydrogen (secondary N) is 2. The summed E-state index contributed by atoms with van der Waals surface area (Å²) in [5.41, 5.74) is 3.65. The Kier molecular flexibility index (Phi) is 8.93. The van der Waals surface area contributed by atoms with Crippen molar-refractivity contribution >= 4 is 17.5 Å². The van der Waals surface area contributed by atoms with E-state index in [2.05, 4.69) is 16.7 Å². The molecule has 0 heterocycles. The molecule has 0 unspecified atom stereocenters. The molecule has 3 aromatic carbocycles. The van der Waals surface area contributed by atoms with Crippen LogP contribution in [0.25, 0.3) is 0 Å². The highest BCUT2D eigenvalue weighted by Crippen LogP contribution is 2.24. The van der Waals surface area contributed by atoms with E-state index in [-0.39, 0.29) is 30.7 Å². The molecule has 0 aliphatic heterocycles. The molecule has 2 amide bonds. The smallest absolute Gasteiger partial charge is 0.243 e. The highest BCUT2D eigenvalue weighted by molar-refractivity contribution is 5.96. The number of rotatable bonds is 10. The van der Waals surface area contributed by atoms with Crippen molar-refractivity contribution in [2.75, 3.05) is 25.5 Å². The van der Waals surface area contributed by atoms with Gasteiger partial charge in [-0.05, 0) is 60.0 Å². The lowest BCUT2D eigenvalue weighted by Gasteiger charge is -2.22. The van der Waals surface area contributed by atoms with Gasteiger partial charge in [0.1, 0.15) is 11.6 Å². The summed E-state index contributed by atoms with van der Waals surface area (Å²) in [6.07, 6.45) is 0. The van der Waals surface area contributed by atoms with Crippen molar-refractivity contribution in [3.8, 4) is 11.8 Å². The van der Waals surface area contributed by atoms with E-state index in [0.717, 1.165) is 16.7 Å². The maximum Gasteiger partial charge on any atom is 0.243 e. The van der Waals surface area contributed by atoms with Crippen LogP contribution in [0.2, 0.25) is 0 Å². The SMILES string of the molecule is COc1ccc(C)cc1NC(=O)CNC(=O)CN(Cc1ccc(C#N)cc1)Cc1cccc(F)c1. The number of carbonyl (C=O) groups excluding carboxylic acids is 2. The molecule has 7 nitrogen and oxygen atoms in total. The lowest BCUT2D eigenvalue weighted by molar-refractivity contribution is -0.125. The average molecular weight is 475 g/mol. The van der Waals surface area contributed by atoms with Gasteiger partial charge in [-0.3, -0.25) is 14.5 Å². The Hall–Kier alpha value is -4.22. The van der Waals surface area contributed by atoms with Gasteiger partial charge in [0.05, 0.1) is 37.5 Å². The number of ether oxygens (including phenoxy) is 1. The predicted octanol–water partition coefficient (Wildman–Crippen LogP) is 3.77. The zero-order chi connectivity index (χ0) is 25.2. The van der Waals surface area contributed by atoms with Gasteiger partial charge >= 0.3 is 0 Å². The van der Waals surface area contributed by atoms with Crippen LogP contribution < -0.4 is 15.4 Å². The molecule has 0 bridgehead atoms. The van der Waals surface area contributed by atoms with Gasteiger partial charge in [-0.25, -0.2) is 4.39 Å². The molecule has 0 aliphatic carbocycles. The second kappa shape index (κ2) is 12.3. The highest BCUT2D eigenvalue weighted by atomic mass is 19.1. The van der Waals surface area contributed by atoms with Crippen LogP contribution in [0, 0.1) is 24.1 Å². The van der Waals surface area contributed by atoms with E-state index < -0.39 is 0 Å². The van der Waals surface area contributed by atoms with E-state index in [1.807, 2.05) is 30.0 Å². The van der Waals surface area contributed by atoms with Gasteiger partial charge in [0.2, 0.25) is 11.8 Å². The first-order valence-electron chi connectivity index (χ1n) is 11.0. The Labute approximate surface area is 204 Å². The number of carbonyl (C=O) groups is 2. The number of nitriles is 1. The van der Waals surface area contributed by atoms with Crippen LogP contribution >= 0.6 is 0 Å². The van der Waals surface area contributed by atoms with Crippen molar-refractivity contribution in [1.29, 1.82) is 5.26 Å². The molecule has 0 fully saturated rings. The fourth-order valence-corrected chi connectivity index (χ4v) is 3.56. The topological polar surface area (TPSA) is 94.5 Å². The van der Waals surface area contributed by atoms with E-state index in [1.165, 1.54) is 19.2 Å². The predicted molar refractivity (Wildman–Crippen MR) is 131 cm³/mol. The van der Waals surface area contributed by atoms with Gasteiger partial charge in [0.25, 0.3) is 0 Å². The van der Waals surface area contributed by atoms with Gasteiger partial charge in [-0.1, -0.05) is 30.3 Å². The highest BCUT2D eigenvalue weighted by Gasteiger charge is 2.15. The van der Waals surface area contributed by atoms with Gasteiger partial charge < -0.3 is 15.4 Å². The third-order valence-corrected chi connectivity index (χ3v) is 5.23. The normalized spacial score (nSPS) is 10.5. The molecular weight excluding hydrogens is 447 g/mol. The Morgan fingerprint density at radius 3 is 2.43 bits per heavy atom. The molecule has 0 saturated heterocycles. The van der Waals surface area contributed by atoms with Crippen LogP contribution in [0.15, 0.2) is 66.7 Å². The zero-order valence-corrected chi connectivity index (χ0v) is 19.7. The zero-order valence-electron chi connectivity index (χ0n) is 19.7. The molecule has 0 aliphatic rings. The van der Waals surface area contributed by atoms with Crippen LogP contribution in [0.1, 0.15) is 22.3 Å². The number of amides is 2. The third-order valence-electron chi connectivity index (χ3n) is 5.23. The van der Waals surface area contributed by atoms with Crippen molar-refractivity contribution in [3.05, 3.63) is 94.8 Å². The molecule has 0 aromatic heterocycles. The molecule has 3 rings (SSSR count). The molecule has 180 valence electrons. The summed E-state index contributed by atoms with van der Waals surface area (Å²) in [4.78, 5) is 26.9. The quantitative estimate of drug-likeness (QED) is 0.467. The van der Waals surface area contributed by atoms with Crippen LogP contribution in [0.5, 0.6) is 5.75 Å². The van der Waals surface area contributed by atoms with Crippen molar-refractivity contribution in [1.82, 2.24) is 10.2 Å². The standard InChI is InChI=1S/C27H27FN4O3/c1-19-6-11-25(35-2)24(12-19)31-26(33)15-30-27(34)18-32(17-22-4-3-5-23(28)13-22)16-21-9-7-20(14-29)8-10-21/h3-13H,15-18H2,1-2H3,(H,30,34)(H,31,33). The summed E-state index contributed by atoms with van der Waals surface area (Å²) in [5, 5.41) is 14.4. The summed E-state index contributed by atoms with van der Waals surface area (Å²) < 4.78 is 18.9. The first-order valence-corrected chi connectivity index (χ1v) is 11.0. The molecule has 2 N–H and O–H groups in total. The summed E-state index contributed by atoms with van der Waals surface area (Å²) >= 11 is 0. The minimum absolute atomic E-state index is 0.00242. The van der Waals surface area contributed by atoms with Crippen molar-refractivity contribution in [3.63, 3.8) is 0 Å². The number of hydrogen-bond acceptors (Lipinski definition) is 5. The Morgan fingerprint density at radius 1 is 1.00 bits per heavy atom. The van der Waals surface area contributed by atoms with Crippen LogP contribution in [0.4, 0.5) is 10.1 Å². The maximum atomic E-state index is 13.7. The van der Waals surface area contributed by atoms with Crippen molar-refractivity contribution in [2.45, 2.75) is 20.0 Å². The molecule has 0 atom stereocenters. The molecule has 0 radical (unpaired) electrons. The maximum absolute atomic E-state index is 13.7. The van der Waals surface area contributed by atoms with Crippen molar-refractivity contribution in [2.24, 2.45) is 0 Å². The minimum Gasteiger partial charge on any atom is -0.495 e. The van der Waals surface area contributed by atoms with Crippen molar-refractivity contribution < 1.29 is 18.7 Å². The summed E-state index contributed by atoms with van der Waals surface area (Å²) in [6, 6.07) is 20.7. The van der Waals surface area contributed by atoms with E-state index in [9.17, 15) is 14.0 Å². The van der Waals surface area contributed by atoms with E-state index in [1.54, 1.807) is 36.4 Å². The molecule has 0 saturated carbocycles. The molecule has 3 aromatic rings. The summed E-state index contributed by atoms with van der Waals surface area (Å²) in [7, 11) is 1.52. The van der Waals surface area contributed by atoms with Crippen LogP contribution in [-0.2, 0) is 22.7 Å². The Bertz CT molecular complexity index is 1220. The molecule has 8 heteroatoms. The van der Waals surface area contributed by atoms with Gasteiger partial charge in [0.15, 0.2) is 0 Å². The van der Waals surface area contributed by atoms with E-state index >= 15 is 0 Å². The Morgan fingerprint density at radius 2 is 1.74 bits per heavy atom. The van der Waals surface area contributed by atoms with Gasteiger partial charge in [0, 0.05) is 13.1 Å². The first kappa shape index (κ1) is 25.4. The number of aryl methyl sites for hydroxylation is 1. The number of anilines is 1. The number of nitrogens with zero attached hydrogens (tertiary/aromatic N) is 2. The second-order valence-electron chi connectivity index (χ2n) is 8.11.